The summed E-state index contributed by atoms with van der Waals surface area (Å²) in [6.07, 6.45) is 2.71. The number of carbonyl (C=O) groups excluding carboxylic acids is 1. The van der Waals surface area contributed by atoms with Crippen LogP contribution in [-0.2, 0) is 45.1 Å². The van der Waals surface area contributed by atoms with Crippen molar-refractivity contribution in [3.05, 3.63) is 131 Å². The highest BCUT2D eigenvalue weighted by atomic mass is 32.2. The Bertz CT molecular complexity index is 1810. The molecule has 0 heterocycles. The van der Waals surface area contributed by atoms with Crippen LogP contribution in [0.2, 0.25) is 18.1 Å². The van der Waals surface area contributed by atoms with Crippen molar-refractivity contribution in [3.63, 3.8) is 0 Å². The van der Waals surface area contributed by atoms with Crippen LogP contribution in [0.15, 0.2) is 103 Å². The predicted octanol–water partition coefficient (Wildman–Crippen LogP) is 7.82. The Kier molecular flexibility index (Phi) is 14.0. The molecule has 274 valence electrons. The molecule has 0 bridgehead atoms. The summed E-state index contributed by atoms with van der Waals surface area (Å²) < 4.78 is 40.6. The second-order valence-electron chi connectivity index (χ2n) is 14.9. The number of amides is 1. The third kappa shape index (κ3) is 13.3. The number of hydrogen-bond donors (Lipinski definition) is 3. The van der Waals surface area contributed by atoms with Gasteiger partial charge in [-0.1, -0.05) is 112 Å². The summed E-state index contributed by atoms with van der Waals surface area (Å²) in [5, 5.41) is 6.70. The van der Waals surface area contributed by atoms with Gasteiger partial charge in [-0.15, -0.1) is 0 Å². The molecule has 4 rings (SSSR count). The zero-order valence-corrected chi connectivity index (χ0v) is 33.0. The maximum absolute atomic E-state index is 12.7. The molecule has 51 heavy (non-hydrogen) atoms. The average molecular weight is 730 g/mol. The van der Waals surface area contributed by atoms with E-state index in [9.17, 15) is 13.2 Å². The topological polar surface area (TPSA) is 106 Å². The van der Waals surface area contributed by atoms with E-state index < -0.39 is 18.3 Å². The fourth-order valence-electron chi connectivity index (χ4n) is 5.49. The normalized spacial score (nSPS) is 13.3. The standard InChI is InChI=1S/C41H55N3O5SSi/c1-31(25-34-19-14-20-35(26-34)27-40(45)42-24-23-32-15-10-8-11-16-32)43-29-39(49-51(6,7)41(2,3)4)36-21-22-38(37(28-36)44-50(5,46)47)48-30-33-17-12-9-13-18-33/h8-22,26,28,31,39,43-44H,23-25,27,29-30H2,1-7H3,(H,42,45)/t31-,39+/m1/s1. The van der Waals surface area contributed by atoms with Crippen molar-refractivity contribution in [2.45, 2.75) is 83.8 Å². The number of ether oxygens (including phenoxy) is 1. The van der Waals surface area contributed by atoms with Crippen LogP contribution in [0.3, 0.4) is 0 Å². The van der Waals surface area contributed by atoms with Crippen molar-refractivity contribution >= 4 is 29.9 Å². The van der Waals surface area contributed by atoms with Crippen LogP contribution in [0.5, 0.6) is 5.75 Å². The van der Waals surface area contributed by atoms with Crippen LogP contribution in [0.1, 0.15) is 61.6 Å². The zero-order chi connectivity index (χ0) is 37.1. The molecule has 2 atom stereocenters. The zero-order valence-electron chi connectivity index (χ0n) is 31.2. The van der Waals surface area contributed by atoms with Gasteiger partial charge in [-0.25, -0.2) is 8.42 Å². The van der Waals surface area contributed by atoms with Gasteiger partial charge in [0.15, 0.2) is 8.32 Å². The van der Waals surface area contributed by atoms with E-state index in [0.29, 0.717) is 37.6 Å². The Labute approximate surface area is 306 Å². The van der Waals surface area contributed by atoms with Crippen LogP contribution in [0.4, 0.5) is 5.69 Å². The largest absolute Gasteiger partial charge is 0.487 e. The number of rotatable bonds is 18. The van der Waals surface area contributed by atoms with E-state index in [4.69, 9.17) is 9.16 Å². The van der Waals surface area contributed by atoms with Crippen molar-refractivity contribution in [1.82, 2.24) is 10.6 Å². The third-order valence-corrected chi connectivity index (χ3v) is 14.4. The van der Waals surface area contributed by atoms with Gasteiger partial charge in [0.05, 0.1) is 24.5 Å². The van der Waals surface area contributed by atoms with Gasteiger partial charge < -0.3 is 19.8 Å². The van der Waals surface area contributed by atoms with E-state index >= 15 is 0 Å². The molecular formula is C41H55N3O5SSi. The van der Waals surface area contributed by atoms with Gasteiger partial charge in [0.25, 0.3) is 0 Å². The fraction of sp³-hybridized carbons (Fsp3) is 0.390. The first-order valence-electron chi connectivity index (χ1n) is 17.7. The molecule has 0 spiro atoms. The van der Waals surface area contributed by atoms with E-state index in [0.717, 1.165) is 41.4 Å². The second kappa shape index (κ2) is 18.0. The molecule has 8 nitrogen and oxygen atoms in total. The van der Waals surface area contributed by atoms with Crippen molar-refractivity contribution in [2.24, 2.45) is 0 Å². The van der Waals surface area contributed by atoms with Crippen molar-refractivity contribution < 1.29 is 22.4 Å². The molecule has 0 aliphatic heterocycles. The highest BCUT2D eigenvalue weighted by Gasteiger charge is 2.39. The highest BCUT2D eigenvalue weighted by Crippen LogP contribution is 2.40. The lowest BCUT2D eigenvalue weighted by Crippen LogP contribution is -2.44. The molecule has 0 aliphatic rings. The Morgan fingerprint density at radius 3 is 2.10 bits per heavy atom. The minimum atomic E-state index is -3.57. The van der Waals surface area contributed by atoms with E-state index in [1.807, 2.05) is 78.9 Å². The van der Waals surface area contributed by atoms with Gasteiger partial charge in [0.1, 0.15) is 12.4 Å². The van der Waals surface area contributed by atoms with Crippen LogP contribution in [0.25, 0.3) is 0 Å². The maximum atomic E-state index is 12.7. The minimum Gasteiger partial charge on any atom is -0.487 e. The Balaban J connectivity index is 1.45. The molecule has 0 radical (unpaired) electrons. The SMILES string of the molecule is C[C@H](Cc1cccc(CC(=O)NCCc2ccccc2)c1)NC[C@H](O[Si](C)(C)C(C)(C)C)c1ccc(OCc2ccccc2)c(NS(C)(=O)=O)c1. The predicted molar refractivity (Wildman–Crippen MR) is 211 cm³/mol. The molecular weight excluding hydrogens is 675 g/mol. The lowest BCUT2D eigenvalue weighted by Gasteiger charge is -2.40. The number of carbonyl (C=O) groups is 1. The molecule has 3 N–H and O–H groups in total. The van der Waals surface area contributed by atoms with E-state index in [1.165, 1.54) is 5.56 Å². The van der Waals surface area contributed by atoms with Gasteiger partial charge in [-0.05, 0) is 77.8 Å². The van der Waals surface area contributed by atoms with E-state index in [-0.39, 0.29) is 23.1 Å². The quantitative estimate of drug-likeness (QED) is 0.0903. The van der Waals surface area contributed by atoms with E-state index in [2.05, 4.69) is 80.4 Å². The van der Waals surface area contributed by atoms with E-state index in [1.54, 1.807) is 0 Å². The third-order valence-electron chi connectivity index (χ3n) is 9.28. The first-order chi connectivity index (χ1) is 24.1. The molecule has 0 aliphatic carbocycles. The fourth-order valence-corrected chi connectivity index (χ4v) is 7.33. The molecule has 4 aromatic carbocycles. The molecule has 0 saturated carbocycles. The summed E-state index contributed by atoms with van der Waals surface area (Å²) in [6, 6.07) is 33.8. The van der Waals surface area contributed by atoms with Crippen molar-refractivity contribution in [3.8, 4) is 5.75 Å². The van der Waals surface area contributed by atoms with Crippen molar-refractivity contribution in [1.29, 1.82) is 0 Å². The first kappa shape index (κ1) is 39.8. The second-order valence-corrected chi connectivity index (χ2v) is 21.4. The van der Waals surface area contributed by atoms with Crippen LogP contribution in [-0.4, -0.2) is 48.0 Å². The van der Waals surface area contributed by atoms with Gasteiger partial charge in [0.2, 0.25) is 15.9 Å². The van der Waals surface area contributed by atoms with Crippen LogP contribution < -0.4 is 20.1 Å². The average Bonchev–Trinajstić information content (AvgIpc) is 3.06. The Morgan fingerprint density at radius 1 is 0.824 bits per heavy atom. The molecule has 0 fully saturated rings. The number of benzene rings is 4. The molecule has 0 saturated heterocycles. The summed E-state index contributed by atoms with van der Waals surface area (Å²) in [6.45, 7) is 14.7. The van der Waals surface area contributed by atoms with Gasteiger partial charge in [-0.3, -0.25) is 9.52 Å². The lowest BCUT2D eigenvalue weighted by atomic mass is 10.0. The van der Waals surface area contributed by atoms with Crippen molar-refractivity contribution in [2.75, 3.05) is 24.1 Å². The van der Waals surface area contributed by atoms with Gasteiger partial charge >= 0.3 is 0 Å². The van der Waals surface area contributed by atoms with Gasteiger partial charge in [0, 0.05) is 19.1 Å². The monoisotopic (exact) mass is 729 g/mol. The summed E-state index contributed by atoms with van der Waals surface area (Å²) >= 11 is 0. The summed E-state index contributed by atoms with van der Waals surface area (Å²) in [7, 11) is -5.81. The molecule has 1 amide bonds. The summed E-state index contributed by atoms with van der Waals surface area (Å²) in [4.78, 5) is 12.7. The number of nitrogens with one attached hydrogen (secondary N) is 3. The molecule has 4 aromatic rings. The minimum absolute atomic E-state index is 0.0149. The van der Waals surface area contributed by atoms with Crippen LogP contribution >= 0.6 is 0 Å². The molecule has 0 aromatic heterocycles. The molecule has 10 heteroatoms. The number of anilines is 1. The number of sulfonamides is 1. The first-order valence-corrected chi connectivity index (χ1v) is 22.5. The summed E-state index contributed by atoms with van der Waals surface area (Å²) in [5.74, 6) is 0.464. The lowest BCUT2D eigenvalue weighted by molar-refractivity contribution is -0.120. The highest BCUT2D eigenvalue weighted by molar-refractivity contribution is 7.92. The Morgan fingerprint density at radius 2 is 1.45 bits per heavy atom. The Hall–Kier alpha value is -3.96. The molecule has 0 unspecified atom stereocenters. The summed E-state index contributed by atoms with van der Waals surface area (Å²) in [5.41, 5.74) is 5.55. The van der Waals surface area contributed by atoms with Crippen LogP contribution in [0, 0.1) is 0 Å². The maximum Gasteiger partial charge on any atom is 0.229 e. The smallest absolute Gasteiger partial charge is 0.229 e. The number of hydrogen-bond acceptors (Lipinski definition) is 6. The van der Waals surface area contributed by atoms with Gasteiger partial charge in [-0.2, -0.15) is 0 Å².